The molecule has 1 aromatic carbocycles. The van der Waals surface area contributed by atoms with Gasteiger partial charge in [-0.2, -0.15) is 0 Å². The number of nitro groups is 1. The molecule has 0 heterocycles. The number of carbonyl (C=O) groups is 2. The van der Waals surface area contributed by atoms with Crippen LogP contribution < -0.4 is 4.74 Å². The number of nitrogens with zero attached hydrogens (tertiary/aromatic N) is 2. The van der Waals surface area contributed by atoms with Crippen molar-refractivity contribution in [1.82, 2.24) is 4.90 Å². The average molecular weight is 513 g/mol. The number of amides is 1. The maximum absolute atomic E-state index is 13.3. The van der Waals surface area contributed by atoms with E-state index in [-0.39, 0.29) is 59.6 Å². The third-order valence-corrected chi connectivity index (χ3v) is 6.71. The summed E-state index contributed by atoms with van der Waals surface area (Å²) in [5.74, 6) is -0.0952. The predicted octanol–water partition coefficient (Wildman–Crippen LogP) is 5.21. The molecule has 0 spiro atoms. The zero-order chi connectivity index (χ0) is 26.0. The fourth-order valence-electron chi connectivity index (χ4n) is 4.81. The van der Waals surface area contributed by atoms with Gasteiger partial charge in [-0.15, -0.1) is 0 Å². The van der Waals surface area contributed by atoms with Gasteiger partial charge < -0.3 is 19.5 Å². The molecule has 1 saturated carbocycles. The van der Waals surface area contributed by atoms with Crippen molar-refractivity contribution < 1.29 is 29.1 Å². The lowest BCUT2D eigenvalue weighted by Crippen LogP contribution is -2.46. The summed E-state index contributed by atoms with van der Waals surface area (Å²) >= 11 is 6.15. The van der Waals surface area contributed by atoms with E-state index in [0.29, 0.717) is 18.9 Å². The van der Waals surface area contributed by atoms with Gasteiger partial charge in [0.2, 0.25) is 11.7 Å². The highest BCUT2D eigenvalue weighted by Gasteiger charge is 2.32. The first kappa shape index (κ1) is 28.8. The van der Waals surface area contributed by atoms with Crippen LogP contribution >= 0.6 is 11.6 Å². The van der Waals surface area contributed by atoms with Crippen molar-refractivity contribution in [2.24, 2.45) is 5.92 Å². The number of hydrogen-bond donors (Lipinski definition) is 1. The highest BCUT2D eigenvalue weighted by atomic mass is 35.5. The smallest absolute Gasteiger partial charge is 0.318 e. The number of esters is 1. The molecule has 0 bridgehead atoms. The molecule has 0 radical (unpaired) electrons. The van der Waals surface area contributed by atoms with E-state index in [9.17, 15) is 24.8 Å². The summed E-state index contributed by atoms with van der Waals surface area (Å²) in [5, 5.41) is 21.5. The number of rotatable bonds is 14. The fraction of sp³-hybridized carbons (Fsp3) is 0.680. The molecule has 1 aromatic rings. The highest BCUT2D eigenvalue weighted by molar-refractivity contribution is 6.32. The second kappa shape index (κ2) is 14.2. The molecule has 9 nitrogen and oxygen atoms in total. The van der Waals surface area contributed by atoms with Crippen molar-refractivity contribution in [3.8, 4) is 5.75 Å². The summed E-state index contributed by atoms with van der Waals surface area (Å²) in [4.78, 5) is 37.3. The maximum Gasteiger partial charge on any atom is 0.318 e. The molecule has 2 unspecified atom stereocenters. The van der Waals surface area contributed by atoms with Gasteiger partial charge >= 0.3 is 11.7 Å². The lowest BCUT2D eigenvalue weighted by atomic mass is 9.92. The second-order valence-electron chi connectivity index (χ2n) is 9.03. The highest BCUT2D eigenvalue weighted by Crippen LogP contribution is 2.40. The number of nitro benzene ring substituents is 1. The van der Waals surface area contributed by atoms with Crippen LogP contribution in [0.4, 0.5) is 5.69 Å². The van der Waals surface area contributed by atoms with E-state index in [1.165, 1.54) is 26.0 Å². The van der Waals surface area contributed by atoms with Gasteiger partial charge in [-0.3, -0.25) is 19.7 Å². The van der Waals surface area contributed by atoms with Gasteiger partial charge in [0, 0.05) is 19.4 Å². The van der Waals surface area contributed by atoms with Gasteiger partial charge in [0.15, 0.2) is 0 Å². The molecule has 35 heavy (non-hydrogen) atoms. The van der Waals surface area contributed by atoms with Gasteiger partial charge in [0.25, 0.3) is 0 Å². The minimum atomic E-state index is -1.06. The van der Waals surface area contributed by atoms with E-state index in [2.05, 4.69) is 6.92 Å². The Kier molecular flexibility index (Phi) is 11.7. The van der Waals surface area contributed by atoms with Crippen molar-refractivity contribution >= 4 is 29.2 Å². The quantitative estimate of drug-likeness (QED) is 0.157. The van der Waals surface area contributed by atoms with Gasteiger partial charge in [-0.25, -0.2) is 0 Å². The van der Waals surface area contributed by atoms with E-state index in [4.69, 9.17) is 21.1 Å². The van der Waals surface area contributed by atoms with Crippen LogP contribution in [0.3, 0.4) is 0 Å². The van der Waals surface area contributed by atoms with E-state index >= 15 is 0 Å². The van der Waals surface area contributed by atoms with Gasteiger partial charge in [-0.05, 0) is 50.7 Å². The largest absolute Gasteiger partial charge is 0.486 e. The topological polar surface area (TPSA) is 119 Å². The summed E-state index contributed by atoms with van der Waals surface area (Å²) in [5.41, 5.74) is -0.257. The predicted molar refractivity (Wildman–Crippen MR) is 132 cm³/mol. The number of aliphatic hydroxyl groups is 1. The third-order valence-electron chi connectivity index (χ3n) is 6.42. The Labute approximate surface area is 211 Å². The molecular weight excluding hydrogens is 476 g/mol. The zero-order valence-corrected chi connectivity index (χ0v) is 21.6. The van der Waals surface area contributed by atoms with Crippen molar-refractivity contribution in [2.75, 3.05) is 19.8 Å². The summed E-state index contributed by atoms with van der Waals surface area (Å²) in [6, 6.07) is 2.95. The van der Waals surface area contributed by atoms with E-state index in [1.54, 1.807) is 0 Å². The van der Waals surface area contributed by atoms with Crippen LogP contribution in [-0.2, 0) is 14.3 Å². The summed E-state index contributed by atoms with van der Waals surface area (Å²) in [6.07, 6.45) is 5.80. The molecule has 10 heteroatoms. The van der Waals surface area contributed by atoms with Crippen LogP contribution in [0.25, 0.3) is 0 Å². The Hall–Kier alpha value is -2.39. The van der Waals surface area contributed by atoms with Crippen molar-refractivity contribution in [3.05, 3.63) is 32.8 Å². The summed E-state index contributed by atoms with van der Waals surface area (Å²) in [7, 11) is 0. The van der Waals surface area contributed by atoms with Crippen LogP contribution in [0.1, 0.15) is 83.8 Å². The van der Waals surface area contributed by atoms with Crippen LogP contribution in [0, 0.1) is 16.0 Å². The lowest BCUT2D eigenvalue weighted by Gasteiger charge is -2.36. The third kappa shape index (κ3) is 8.35. The second-order valence-corrected chi connectivity index (χ2v) is 9.43. The molecule has 1 aliphatic rings. The molecule has 1 aliphatic carbocycles. The number of halogens is 1. The fourth-order valence-corrected chi connectivity index (χ4v) is 5.02. The number of hydrogen-bond acceptors (Lipinski definition) is 7. The Morgan fingerprint density at radius 3 is 2.54 bits per heavy atom. The van der Waals surface area contributed by atoms with Gasteiger partial charge in [0.05, 0.1) is 34.8 Å². The molecule has 196 valence electrons. The van der Waals surface area contributed by atoms with Crippen LogP contribution in [0.5, 0.6) is 5.75 Å². The first-order valence-electron chi connectivity index (χ1n) is 12.4. The van der Waals surface area contributed by atoms with Crippen LogP contribution in [0.15, 0.2) is 12.1 Å². The summed E-state index contributed by atoms with van der Waals surface area (Å²) < 4.78 is 10.8. The molecular formula is C25H37ClN2O7. The first-order chi connectivity index (χ1) is 16.7. The Bertz CT molecular complexity index is 872. The van der Waals surface area contributed by atoms with Gasteiger partial charge in [-0.1, -0.05) is 37.8 Å². The molecule has 1 N–H and O–H groups in total. The average Bonchev–Trinajstić information content (AvgIpc) is 3.33. The van der Waals surface area contributed by atoms with Gasteiger partial charge in [0.1, 0.15) is 6.61 Å². The maximum atomic E-state index is 13.3. The Morgan fingerprint density at radius 2 is 1.97 bits per heavy atom. The summed E-state index contributed by atoms with van der Waals surface area (Å²) in [6.45, 7) is 5.42. The lowest BCUT2D eigenvalue weighted by molar-refractivity contribution is -0.387. The molecule has 0 aromatic heterocycles. The molecule has 0 saturated heterocycles. The van der Waals surface area contributed by atoms with E-state index in [0.717, 1.165) is 38.5 Å². The van der Waals surface area contributed by atoms with Crippen LogP contribution in [-0.4, -0.2) is 52.6 Å². The first-order valence-corrected chi connectivity index (χ1v) is 12.8. The number of aliphatic hydroxyl groups excluding tert-OH is 1. The standard InChI is InChI=1S/C25H37ClN2O7/c1-4-8-22(19-9-5-6-10-19)27(14-16-34-18(3)30)23(31)11-7-15-35-25-21(26)13-12-20(17(2)29)24(25)28(32)33/h12-13,17,19,22,29H,4-11,14-16H2,1-3H3. The SMILES string of the molecule is CCCC(C1CCCC1)N(CCOC(C)=O)C(=O)CCCOc1c(Cl)ccc(C(C)O)c1[N+](=O)[O-]. The van der Waals surface area contributed by atoms with Crippen LogP contribution in [0.2, 0.25) is 5.02 Å². The van der Waals surface area contributed by atoms with Crippen molar-refractivity contribution in [3.63, 3.8) is 0 Å². The molecule has 0 aliphatic heterocycles. The number of ether oxygens (including phenoxy) is 2. The number of carbonyl (C=O) groups excluding carboxylic acids is 2. The Morgan fingerprint density at radius 1 is 1.29 bits per heavy atom. The molecule has 1 amide bonds. The molecule has 1 fully saturated rings. The van der Waals surface area contributed by atoms with E-state index < -0.39 is 11.0 Å². The molecule has 2 rings (SSSR count). The minimum Gasteiger partial charge on any atom is -0.486 e. The Balaban J connectivity index is 2.07. The van der Waals surface area contributed by atoms with Crippen molar-refractivity contribution in [1.29, 1.82) is 0 Å². The number of benzene rings is 1. The minimum absolute atomic E-state index is 0.0508. The van der Waals surface area contributed by atoms with Crippen molar-refractivity contribution in [2.45, 2.75) is 84.3 Å². The monoisotopic (exact) mass is 512 g/mol. The van der Waals surface area contributed by atoms with E-state index in [1.807, 2.05) is 4.90 Å². The zero-order valence-electron chi connectivity index (χ0n) is 20.8. The molecule has 2 atom stereocenters. The normalized spacial score (nSPS) is 15.5.